The summed E-state index contributed by atoms with van der Waals surface area (Å²) in [5.41, 5.74) is 3.79. The second-order valence-electron chi connectivity index (χ2n) is 7.63. The van der Waals surface area contributed by atoms with Gasteiger partial charge >= 0.3 is 0 Å². The summed E-state index contributed by atoms with van der Waals surface area (Å²) in [4.78, 5) is 14.5. The zero-order valence-corrected chi connectivity index (χ0v) is 17.2. The van der Waals surface area contributed by atoms with Crippen LogP contribution in [0.1, 0.15) is 29.2 Å². The molecule has 1 amide bonds. The maximum Gasteiger partial charge on any atom is 0.249 e. The lowest BCUT2D eigenvalue weighted by Crippen LogP contribution is -2.43. The predicted molar refractivity (Wildman–Crippen MR) is 114 cm³/mol. The van der Waals surface area contributed by atoms with Gasteiger partial charge in [-0.15, -0.1) is 0 Å². The van der Waals surface area contributed by atoms with E-state index >= 15 is 0 Å². The zero-order chi connectivity index (χ0) is 21.1. The number of carbonyl (C=O) groups is 1. The fourth-order valence-corrected chi connectivity index (χ4v) is 4.45. The summed E-state index contributed by atoms with van der Waals surface area (Å²) in [5.74, 6) is 7.35. The molecule has 156 valence electrons. The standard InChI is InChI=1S/C24H26N2O4/c1-29-15-23(28)26-12-11-19-22(14-27)25-21-10-7-17(13-20(21)24(19)26)4-3-16-5-8-18(30-2)9-6-16/h5-10,13,19,22,24-25,27H,11-12,14-15H2,1-2H3/t19-,22+,24-/m1/s1. The van der Waals surface area contributed by atoms with Gasteiger partial charge in [-0.3, -0.25) is 4.79 Å². The average Bonchev–Trinajstić information content (AvgIpc) is 3.23. The molecule has 6 heteroatoms. The Bertz CT molecular complexity index is 977. The van der Waals surface area contributed by atoms with Gasteiger partial charge in [0.05, 0.1) is 25.8 Å². The van der Waals surface area contributed by atoms with Crippen LogP contribution >= 0.6 is 0 Å². The maximum absolute atomic E-state index is 12.6. The molecule has 0 saturated carbocycles. The molecule has 4 rings (SSSR count). The number of amides is 1. The Hall–Kier alpha value is -3.01. The number of hydrogen-bond acceptors (Lipinski definition) is 5. The van der Waals surface area contributed by atoms with Gasteiger partial charge < -0.3 is 24.8 Å². The molecule has 3 atom stereocenters. The molecular weight excluding hydrogens is 380 g/mol. The monoisotopic (exact) mass is 406 g/mol. The van der Waals surface area contributed by atoms with Crippen LogP contribution in [0.3, 0.4) is 0 Å². The van der Waals surface area contributed by atoms with Crippen LogP contribution in [0.15, 0.2) is 42.5 Å². The third-order valence-corrected chi connectivity index (χ3v) is 5.90. The van der Waals surface area contributed by atoms with Crippen LogP contribution in [0.2, 0.25) is 0 Å². The third-order valence-electron chi connectivity index (χ3n) is 5.90. The molecular formula is C24H26N2O4. The Morgan fingerprint density at radius 3 is 2.60 bits per heavy atom. The van der Waals surface area contributed by atoms with Crippen molar-refractivity contribution in [3.05, 3.63) is 59.2 Å². The maximum atomic E-state index is 12.6. The number of carbonyl (C=O) groups excluding carboxylic acids is 1. The number of nitrogens with one attached hydrogen (secondary N) is 1. The molecule has 2 aromatic carbocycles. The van der Waals surface area contributed by atoms with Gasteiger partial charge in [0.25, 0.3) is 0 Å². The third kappa shape index (κ3) is 3.87. The van der Waals surface area contributed by atoms with E-state index in [9.17, 15) is 9.90 Å². The Kier molecular flexibility index (Phi) is 5.93. The molecule has 1 saturated heterocycles. The van der Waals surface area contributed by atoms with E-state index in [0.29, 0.717) is 6.54 Å². The first-order chi connectivity index (χ1) is 14.6. The number of anilines is 1. The molecule has 0 unspecified atom stereocenters. The molecule has 2 aliphatic rings. The largest absolute Gasteiger partial charge is 0.497 e. The second kappa shape index (κ2) is 8.78. The van der Waals surface area contributed by atoms with Crippen LogP contribution < -0.4 is 10.1 Å². The summed E-state index contributed by atoms with van der Waals surface area (Å²) in [6.07, 6.45) is 0.847. The lowest BCUT2D eigenvalue weighted by molar-refractivity contribution is -0.136. The number of likely N-dealkylation sites (tertiary alicyclic amines) is 1. The van der Waals surface area contributed by atoms with Crippen LogP contribution in [-0.4, -0.2) is 55.9 Å². The summed E-state index contributed by atoms with van der Waals surface area (Å²) in [6.45, 7) is 0.760. The van der Waals surface area contributed by atoms with Gasteiger partial charge in [0.1, 0.15) is 12.4 Å². The fraction of sp³-hybridized carbons (Fsp3) is 0.375. The van der Waals surface area contributed by atoms with Gasteiger partial charge in [0.2, 0.25) is 5.91 Å². The van der Waals surface area contributed by atoms with Crippen molar-refractivity contribution >= 4 is 11.6 Å². The minimum Gasteiger partial charge on any atom is -0.497 e. The van der Waals surface area contributed by atoms with E-state index in [1.165, 1.54) is 7.11 Å². The Morgan fingerprint density at radius 2 is 1.90 bits per heavy atom. The van der Waals surface area contributed by atoms with Crippen molar-refractivity contribution in [2.24, 2.45) is 5.92 Å². The van der Waals surface area contributed by atoms with Gasteiger partial charge in [0.15, 0.2) is 0 Å². The Labute approximate surface area is 176 Å². The molecule has 2 heterocycles. The smallest absolute Gasteiger partial charge is 0.249 e. The van der Waals surface area contributed by atoms with Crippen molar-refractivity contribution in [2.45, 2.75) is 18.5 Å². The highest BCUT2D eigenvalue weighted by Gasteiger charge is 2.45. The van der Waals surface area contributed by atoms with Crippen molar-refractivity contribution in [1.29, 1.82) is 0 Å². The molecule has 30 heavy (non-hydrogen) atoms. The van der Waals surface area contributed by atoms with Crippen molar-refractivity contribution in [2.75, 3.05) is 39.3 Å². The highest BCUT2D eigenvalue weighted by atomic mass is 16.5. The summed E-state index contributed by atoms with van der Waals surface area (Å²) >= 11 is 0. The molecule has 2 aromatic rings. The molecule has 0 aromatic heterocycles. The number of methoxy groups -OCH3 is 2. The lowest BCUT2D eigenvalue weighted by Gasteiger charge is -2.39. The van der Waals surface area contributed by atoms with Gasteiger partial charge in [0, 0.05) is 36.4 Å². The SMILES string of the molecule is COCC(=O)N1CC[C@@H]2[C@H](CO)Nc3ccc(C#Cc4ccc(OC)cc4)cc3[C@@H]21. The summed E-state index contributed by atoms with van der Waals surface area (Å²) in [5, 5.41) is 13.3. The van der Waals surface area contributed by atoms with E-state index < -0.39 is 0 Å². The van der Waals surface area contributed by atoms with Gasteiger partial charge in [-0.25, -0.2) is 0 Å². The second-order valence-corrected chi connectivity index (χ2v) is 7.63. The average molecular weight is 406 g/mol. The number of nitrogens with zero attached hydrogens (tertiary/aromatic N) is 1. The van der Waals surface area contributed by atoms with Crippen molar-refractivity contribution in [3.63, 3.8) is 0 Å². The fourth-order valence-electron chi connectivity index (χ4n) is 4.45. The molecule has 1 fully saturated rings. The van der Waals surface area contributed by atoms with E-state index in [0.717, 1.165) is 34.5 Å². The van der Waals surface area contributed by atoms with E-state index in [1.807, 2.05) is 41.3 Å². The minimum absolute atomic E-state index is 0.0238. The molecule has 0 aliphatic carbocycles. The Morgan fingerprint density at radius 1 is 1.17 bits per heavy atom. The number of benzene rings is 2. The number of rotatable bonds is 4. The molecule has 2 aliphatic heterocycles. The zero-order valence-electron chi connectivity index (χ0n) is 17.2. The molecule has 2 N–H and O–H groups in total. The highest BCUT2D eigenvalue weighted by Crippen LogP contribution is 2.46. The first-order valence-electron chi connectivity index (χ1n) is 10.1. The van der Waals surface area contributed by atoms with E-state index in [-0.39, 0.29) is 37.1 Å². The number of fused-ring (bicyclic) bond motifs is 3. The number of aliphatic hydroxyl groups is 1. The first-order valence-corrected chi connectivity index (χ1v) is 10.1. The number of ether oxygens (including phenoxy) is 2. The molecule has 6 nitrogen and oxygen atoms in total. The number of aliphatic hydroxyl groups excluding tert-OH is 1. The van der Waals surface area contributed by atoms with Gasteiger partial charge in [-0.05, 0) is 54.4 Å². The quantitative estimate of drug-likeness (QED) is 0.763. The van der Waals surface area contributed by atoms with E-state index in [2.05, 4.69) is 23.2 Å². The van der Waals surface area contributed by atoms with Crippen LogP contribution in [0, 0.1) is 17.8 Å². The van der Waals surface area contributed by atoms with E-state index in [1.54, 1.807) is 7.11 Å². The molecule has 0 spiro atoms. The molecule has 0 bridgehead atoms. The van der Waals surface area contributed by atoms with Gasteiger partial charge in [-0.2, -0.15) is 0 Å². The summed E-state index contributed by atoms with van der Waals surface area (Å²) in [7, 11) is 3.17. The van der Waals surface area contributed by atoms with Crippen LogP contribution in [0.5, 0.6) is 5.75 Å². The summed E-state index contributed by atoms with van der Waals surface area (Å²) in [6, 6.07) is 13.5. The van der Waals surface area contributed by atoms with Crippen LogP contribution in [0.4, 0.5) is 5.69 Å². The first kappa shape index (κ1) is 20.3. The van der Waals surface area contributed by atoms with Crippen molar-refractivity contribution in [3.8, 4) is 17.6 Å². The lowest BCUT2D eigenvalue weighted by atomic mass is 9.82. The van der Waals surface area contributed by atoms with Crippen LogP contribution in [0.25, 0.3) is 0 Å². The highest BCUT2D eigenvalue weighted by molar-refractivity contribution is 5.79. The van der Waals surface area contributed by atoms with E-state index in [4.69, 9.17) is 9.47 Å². The predicted octanol–water partition coefficient (Wildman–Crippen LogP) is 2.42. The van der Waals surface area contributed by atoms with Crippen LogP contribution in [-0.2, 0) is 9.53 Å². The topological polar surface area (TPSA) is 71.0 Å². The van der Waals surface area contributed by atoms with Crippen molar-refractivity contribution < 1.29 is 19.4 Å². The number of hydrogen-bond donors (Lipinski definition) is 2. The van der Waals surface area contributed by atoms with Gasteiger partial charge in [-0.1, -0.05) is 11.8 Å². The Balaban J connectivity index is 1.66. The molecule has 0 radical (unpaired) electrons. The summed E-state index contributed by atoms with van der Waals surface area (Å²) < 4.78 is 10.3. The minimum atomic E-state index is -0.0798. The normalized spacial score (nSPS) is 21.7. The van der Waals surface area contributed by atoms with Crippen molar-refractivity contribution in [1.82, 2.24) is 4.90 Å².